The molecule has 0 fully saturated rings. The van der Waals surface area contributed by atoms with Crippen molar-refractivity contribution in [2.75, 3.05) is 12.4 Å². The fourth-order valence-corrected chi connectivity index (χ4v) is 1.94. The third kappa shape index (κ3) is 5.28. The lowest BCUT2D eigenvalue weighted by Crippen LogP contribution is -2.45. The van der Waals surface area contributed by atoms with Crippen molar-refractivity contribution in [3.63, 3.8) is 0 Å². The van der Waals surface area contributed by atoms with Gasteiger partial charge in [-0.15, -0.1) is 0 Å². The Balaban J connectivity index is 1.78. The second kappa shape index (κ2) is 8.52. The highest BCUT2D eigenvalue weighted by Crippen LogP contribution is 2.11. The van der Waals surface area contributed by atoms with Crippen molar-refractivity contribution in [1.29, 1.82) is 0 Å². The van der Waals surface area contributed by atoms with Crippen LogP contribution in [0.4, 0.5) is 10.5 Å². The summed E-state index contributed by atoms with van der Waals surface area (Å²) in [4.78, 5) is 27.8. The lowest BCUT2D eigenvalue weighted by atomic mass is 10.2. The maximum Gasteiger partial charge on any atom is 0.321 e. The average molecular weight is 328 g/mol. The number of anilines is 1. The number of benzene rings is 1. The number of hydrogen-bond donors (Lipinski definition) is 3. The molecule has 0 saturated carbocycles. The number of pyridine rings is 1. The van der Waals surface area contributed by atoms with Crippen LogP contribution in [0.1, 0.15) is 12.5 Å². The van der Waals surface area contributed by atoms with E-state index in [4.69, 9.17) is 4.74 Å². The number of rotatable bonds is 6. The Morgan fingerprint density at radius 2 is 1.92 bits per heavy atom. The van der Waals surface area contributed by atoms with E-state index < -0.39 is 18.0 Å². The lowest BCUT2D eigenvalue weighted by molar-refractivity contribution is -0.120. The van der Waals surface area contributed by atoms with Gasteiger partial charge in [-0.1, -0.05) is 30.3 Å². The standard InChI is InChI=1S/C17H20N4O3/c1-12(20-14-8-9-15(24-2)18-11-14)16(22)21-17(23)19-10-13-6-4-3-5-7-13/h3-9,11-12,20H,10H2,1-2H3,(H2,19,21,22,23)/t12-/m0/s1. The molecule has 1 aromatic carbocycles. The van der Waals surface area contributed by atoms with Gasteiger partial charge in [0.15, 0.2) is 0 Å². The summed E-state index contributed by atoms with van der Waals surface area (Å²) < 4.78 is 4.97. The zero-order chi connectivity index (χ0) is 17.4. The third-order valence-electron chi connectivity index (χ3n) is 3.25. The van der Waals surface area contributed by atoms with E-state index >= 15 is 0 Å². The van der Waals surface area contributed by atoms with Crippen LogP contribution in [-0.2, 0) is 11.3 Å². The fourth-order valence-electron chi connectivity index (χ4n) is 1.94. The number of methoxy groups -OCH3 is 1. The van der Waals surface area contributed by atoms with E-state index in [1.165, 1.54) is 7.11 Å². The number of hydrogen-bond acceptors (Lipinski definition) is 5. The second-order valence-corrected chi connectivity index (χ2v) is 5.11. The third-order valence-corrected chi connectivity index (χ3v) is 3.25. The van der Waals surface area contributed by atoms with Crippen LogP contribution in [0, 0.1) is 0 Å². The first-order valence-corrected chi connectivity index (χ1v) is 7.47. The number of ether oxygens (including phenoxy) is 1. The highest BCUT2D eigenvalue weighted by molar-refractivity contribution is 5.97. The Morgan fingerprint density at radius 3 is 2.54 bits per heavy atom. The van der Waals surface area contributed by atoms with Crippen LogP contribution in [0.15, 0.2) is 48.7 Å². The van der Waals surface area contributed by atoms with E-state index in [0.717, 1.165) is 5.56 Å². The summed E-state index contributed by atoms with van der Waals surface area (Å²) in [5.41, 5.74) is 1.61. The first-order chi connectivity index (χ1) is 11.6. The van der Waals surface area contributed by atoms with E-state index in [0.29, 0.717) is 18.1 Å². The van der Waals surface area contributed by atoms with Gasteiger partial charge < -0.3 is 15.4 Å². The van der Waals surface area contributed by atoms with Crippen molar-refractivity contribution >= 4 is 17.6 Å². The minimum atomic E-state index is -0.595. The Bertz CT molecular complexity index is 674. The zero-order valence-corrected chi connectivity index (χ0v) is 13.6. The van der Waals surface area contributed by atoms with Crippen molar-refractivity contribution in [3.8, 4) is 5.88 Å². The maximum atomic E-state index is 12.0. The van der Waals surface area contributed by atoms with Gasteiger partial charge in [0.2, 0.25) is 11.8 Å². The van der Waals surface area contributed by atoms with Crippen LogP contribution in [0.3, 0.4) is 0 Å². The topological polar surface area (TPSA) is 92.4 Å². The summed E-state index contributed by atoms with van der Waals surface area (Å²) in [5.74, 6) is 0.0503. The predicted octanol–water partition coefficient (Wildman–Crippen LogP) is 1.92. The number of carbonyl (C=O) groups is 2. The summed E-state index contributed by atoms with van der Waals surface area (Å²) in [6.45, 7) is 2.01. The minimum Gasteiger partial charge on any atom is -0.481 e. The summed E-state index contributed by atoms with van der Waals surface area (Å²) in [7, 11) is 1.53. The van der Waals surface area contributed by atoms with E-state index in [1.54, 1.807) is 25.3 Å². The normalized spacial score (nSPS) is 11.2. The molecule has 0 saturated heterocycles. The molecule has 24 heavy (non-hydrogen) atoms. The number of imide groups is 1. The van der Waals surface area contributed by atoms with Gasteiger partial charge >= 0.3 is 6.03 Å². The molecule has 1 aromatic heterocycles. The fraction of sp³-hybridized carbons (Fsp3) is 0.235. The van der Waals surface area contributed by atoms with E-state index in [2.05, 4.69) is 20.9 Å². The molecule has 3 N–H and O–H groups in total. The molecule has 0 aliphatic rings. The number of nitrogens with zero attached hydrogens (tertiary/aromatic N) is 1. The van der Waals surface area contributed by atoms with Gasteiger partial charge in [0.25, 0.3) is 0 Å². The van der Waals surface area contributed by atoms with Crippen molar-refractivity contribution in [1.82, 2.24) is 15.6 Å². The van der Waals surface area contributed by atoms with Gasteiger partial charge in [0, 0.05) is 12.6 Å². The molecular weight excluding hydrogens is 308 g/mol. The average Bonchev–Trinajstić information content (AvgIpc) is 2.61. The van der Waals surface area contributed by atoms with Gasteiger partial charge in [-0.2, -0.15) is 0 Å². The molecule has 0 aliphatic carbocycles. The second-order valence-electron chi connectivity index (χ2n) is 5.11. The SMILES string of the molecule is COc1ccc(N[C@@H](C)C(=O)NC(=O)NCc2ccccc2)cn1. The Labute approximate surface area is 140 Å². The van der Waals surface area contributed by atoms with E-state index in [-0.39, 0.29) is 0 Å². The number of carbonyl (C=O) groups excluding carboxylic acids is 2. The molecule has 2 rings (SSSR count). The van der Waals surface area contributed by atoms with Gasteiger partial charge in [0.05, 0.1) is 19.0 Å². The van der Waals surface area contributed by atoms with Gasteiger partial charge in [0.1, 0.15) is 6.04 Å². The Hall–Kier alpha value is -3.09. The smallest absolute Gasteiger partial charge is 0.321 e. The molecule has 7 nitrogen and oxygen atoms in total. The molecule has 2 aromatic rings. The van der Waals surface area contributed by atoms with E-state index in [9.17, 15) is 9.59 Å². The zero-order valence-electron chi connectivity index (χ0n) is 13.6. The van der Waals surface area contributed by atoms with Crippen molar-refractivity contribution < 1.29 is 14.3 Å². The molecule has 0 unspecified atom stereocenters. The molecule has 0 aliphatic heterocycles. The number of aromatic nitrogens is 1. The van der Waals surface area contributed by atoms with E-state index in [1.807, 2.05) is 30.3 Å². The monoisotopic (exact) mass is 328 g/mol. The van der Waals surface area contributed by atoms with Crippen LogP contribution < -0.4 is 20.7 Å². The van der Waals surface area contributed by atoms with Crippen molar-refractivity contribution in [2.24, 2.45) is 0 Å². The lowest BCUT2D eigenvalue weighted by Gasteiger charge is -2.15. The summed E-state index contributed by atoms with van der Waals surface area (Å²) >= 11 is 0. The predicted molar refractivity (Wildman–Crippen MR) is 90.7 cm³/mol. The summed E-state index contributed by atoms with van der Waals surface area (Å²) in [6.07, 6.45) is 1.55. The molecule has 1 heterocycles. The van der Waals surface area contributed by atoms with Crippen LogP contribution in [0.25, 0.3) is 0 Å². The number of nitrogens with one attached hydrogen (secondary N) is 3. The van der Waals surface area contributed by atoms with Crippen molar-refractivity contribution in [2.45, 2.75) is 19.5 Å². The first kappa shape index (κ1) is 17.3. The maximum absolute atomic E-state index is 12.0. The van der Waals surface area contributed by atoms with Crippen LogP contribution >= 0.6 is 0 Å². The van der Waals surface area contributed by atoms with Gasteiger partial charge in [-0.25, -0.2) is 9.78 Å². The highest BCUT2D eigenvalue weighted by atomic mass is 16.5. The van der Waals surface area contributed by atoms with Gasteiger partial charge in [-0.05, 0) is 18.6 Å². The molecule has 126 valence electrons. The Kier molecular flexibility index (Phi) is 6.13. The molecule has 3 amide bonds. The number of urea groups is 1. The molecule has 0 bridgehead atoms. The Morgan fingerprint density at radius 1 is 1.17 bits per heavy atom. The molecule has 0 radical (unpaired) electrons. The molecule has 1 atom stereocenters. The van der Waals surface area contributed by atoms with Crippen LogP contribution in [-0.4, -0.2) is 30.1 Å². The van der Waals surface area contributed by atoms with Crippen LogP contribution in [0.2, 0.25) is 0 Å². The largest absolute Gasteiger partial charge is 0.481 e. The summed E-state index contributed by atoms with van der Waals surface area (Å²) in [5, 5.41) is 7.89. The van der Waals surface area contributed by atoms with Crippen molar-refractivity contribution in [3.05, 3.63) is 54.2 Å². The molecular formula is C17H20N4O3. The van der Waals surface area contributed by atoms with Crippen LogP contribution in [0.5, 0.6) is 5.88 Å². The number of amides is 3. The molecule has 0 spiro atoms. The molecule has 7 heteroatoms. The summed E-state index contributed by atoms with van der Waals surface area (Å²) in [6, 6.07) is 11.7. The first-order valence-electron chi connectivity index (χ1n) is 7.47. The highest BCUT2D eigenvalue weighted by Gasteiger charge is 2.15. The minimum absolute atomic E-state index is 0.351. The van der Waals surface area contributed by atoms with Gasteiger partial charge in [-0.3, -0.25) is 10.1 Å². The quantitative estimate of drug-likeness (QED) is 0.753.